The molecule has 1 aliphatic heterocycles. The molecule has 0 bridgehead atoms. The minimum atomic E-state index is -0.777. The van der Waals surface area contributed by atoms with Crippen molar-refractivity contribution >= 4 is 35.3 Å². The number of carbonyl (C=O) groups excluding carboxylic acids is 2. The number of rotatable bonds is 8. The largest absolute Gasteiger partial charge is 0.443 e. The fourth-order valence-corrected chi connectivity index (χ4v) is 4.88. The summed E-state index contributed by atoms with van der Waals surface area (Å²) in [7, 11) is 0. The predicted octanol–water partition coefficient (Wildman–Crippen LogP) is 3.71. The smallest absolute Gasteiger partial charge is 0.435 e. The van der Waals surface area contributed by atoms with Crippen molar-refractivity contribution in [2.24, 2.45) is 10.7 Å². The fraction of sp³-hybridized carbons (Fsp3) is 0.321. The van der Waals surface area contributed by atoms with E-state index in [2.05, 4.69) is 20.6 Å². The van der Waals surface area contributed by atoms with Gasteiger partial charge in [0.05, 0.1) is 5.69 Å². The number of hydrogen-bond acceptors (Lipinski definition) is 6. The molecule has 10 nitrogen and oxygen atoms in total. The molecule has 2 aliphatic rings. The van der Waals surface area contributed by atoms with Crippen molar-refractivity contribution in [2.45, 2.75) is 57.3 Å². The molecule has 2 heterocycles. The van der Waals surface area contributed by atoms with Crippen LogP contribution in [0, 0.1) is 0 Å². The fourth-order valence-electron chi connectivity index (χ4n) is 4.61. The van der Waals surface area contributed by atoms with E-state index in [-0.39, 0.29) is 47.5 Å². The van der Waals surface area contributed by atoms with Crippen molar-refractivity contribution in [3.8, 4) is 0 Å². The highest BCUT2D eigenvalue weighted by molar-refractivity contribution is 6.30. The Morgan fingerprint density at radius 1 is 1.08 bits per heavy atom. The van der Waals surface area contributed by atoms with Gasteiger partial charge in [0.15, 0.2) is 11.0 Å². The molecule has 1 aliphatic carbocycles. The number of amides is 2. The number of fused-ring (bicyclic) bond motifs is 1. The highest BCUT2D eigenvalue weighted by Crippen LogP contribution is 2.30. The second-order valence-corrected chi connectivity index (χ2v) is 10.0. The molecule has 5 rings (SSSR count). The average molecular weight is 549 g/mol. The molecule has 1 atom stereocenters. The molecule has 0 saturated heterocycles. The Bertz CT molecular complexity index is 1450. The van der Waals surface area contributed by atoms with Crippen LogP contribution < -0.4 is 21.9 Å². The van der Waals surface area contributed by atoms with Crippen molar-refractivity contribution in [2.75, 3.05) is 5.32 Å². The summed E-state index contributed by atoms with van der Waals surface area (Å²) in [6, 6.07) is 15.8. The Balaban J connectivity index is 1.18. The van der Waals surface area contributed by atoms with Gasteiger partial charge in [-0.2, -0.15) is 4.99 Å². The number of carbonyl (C=O) groups is 2. The van der Waals surface area contributed by atoms with Crippen LogP contribution in [0.25, 0.3) is 0 Å². The molecule has 1 saturated carbocycles. The number of nitrogens with two attached hydrogens (primary N) is 1. The molecule has 11 heteroatoms. The molecule has 0 spiro atoms. The van der Waals surface area contributed by atoms with Gasteiger partial charge < -0.3 is 21.1 Å². The number of aromatic nitrogens is 2. The lowest BCUT2D eigenvalue weighted by atomic mass is 9.93. The van der Waals surface area contributed by atoms with Gasteiger partial charge in [-0.25, -0.2) is 9.78 Å². The molecule has 0 radical (unpaired) electrons. The first-order valence-electron chi connectivity index (χ1n) is 12.9. The number of ether oxygens (including phenoxy) is 1. The van der Waals surface area contributed by atoms with Crippen molar-refractivity contribution in [1.82, 2.24) is 14.9 Å². The number of halogens is 1. The summed E-state index contributed by atoms with van der Waals surface area (Å²) in [4.78, 5) is 46.2. The summed E-state index contributed by atoms with van der Waals surface area (Å²) in [5.74, 6) is -0.0339. The van der Waals surface area contributed by atoms with Gasteiger partial charge in [-0.15, -0.1) is 0 Å². The summed E-state index contributed by atoms with van der Waals surface area (Å²) in [6.45, 7) is 0.357. The highest BCUT2D eigenvalue weighted by Gasteiger charge is 2.33. The molecule has 1 aromatic heterocycles. The zero-order valence-corrected chi connectivity index (χ0v) is 22.0. The second kappa shape index (κ2) is 11.7. The van der Waals surface area contributed by atoms with Gasteiger partial charge in [-0.3, -0.25) is 14.2 Å². The van der Waals surface area contributed by atoms with Crippen LogP contribution in [0.15, 0.2) is 64.4 Å². The molecular weight excluding hydrogens is 520 g/mol. The lowest BCUT2D eigenvalue weighted by Gasteiger charge is -2.27. The minimum Gasteiger partial charge on any atom is -0.443 e. The van der Waals surface area contributed by atoms with Crippen molar-refractivity contribution < 1.29 is 14.3 Å². The number of benzene rings is 2. The summed E-state index contributed by atoms with van der Waals surface area (Å²) in [5, 5.41) is 6.33. The maximum atomic E-state index is 13.1. The van der Waals surface area contributed by atoms with Crippen LogP contribution in [0.3, 0.4) is 0 Å². The van der Waals surface area contributed by atoms with Crippen LogP contribution in [-0.2, 0) is 29.1 Å². The maximum absolute atomic E-state index is 13.1. The molecule has 3 aromatic rings. The van der Waals surface area contributed by atoms with Gasteiger partial charge in [0, 0.05) is 18.2 Å². The van der Waals surface area contributed by atoms with Crippen LogP contribution in [0.4, 0.5) is 10.6 Å². The topological polar surface area (TPSA) is 141 Å². The predicted molar refractivity (Wildman–Crippen MR) is 148 cm³/mol. The van der Waals surface area contributed by atoms with Gasteiger partial charge in [0.1, 0.15) is 18.5 Å². The van der Waals surface area contributed by atoms with E-state index in [1.165, 1.54) is 4.57 Å². The van der Waals surface area contributed by atoms with Gasteiger partial charge in [0.2, 0.25) is 5.91 Å². The standard InChI is InChI=1S/C28H29ClN6O4/c29-23-21-13-14-22(35(21)27(37)25(33-23)32-20-7-4-8-20)26(36)31-15-17-9-11-19(12-10-17)24(30)34-28(38)39-16-18-5-2-1-3-6-18/h1-3,5-6,9-12,20,22H,4,7-8,13-16H2,(H,31,36)(H,32,33)(H2,30,34,38). The van der Waals surface area contributed by atoms with Crippen LogP contribution in [0.2, 0.25) is 5.15 Å². The number of aliphatic imine (C=N–C) groups is 1. The normalized spacial score (nSPS) is 16.7. The third-order valence-electron chi connectivity index (χ3n) is 7.01. The number of amidine groups is 1. The third-order valence-corrected chi connectivity index (χ3v) is 7.31. The van der Waals surface area contributed by atoms with E-state index in [1.54, 1.807) is 24.3 Å². The Hall–Kier alpha value is -4.18. The lowest BCUT2D eigenvalue weighted by Crippen LogP contribution is -2.38. The quantitative estimate of drug-likeness (QED) is 0.288. The van der Waals surface area contributed by atoms with E-state index in [1.807, 2.05) is 30.3 Å². The Morgan fingerprint density at radius 3 is 2.51 bits per heavy atom. The summed E-state index contributed by atoms with van der Waals surface area (Å²) < 4.78 is 6.61. The van der Waals surface area contributed by atoms with Crippen LogP contribution in [-0.4, -0.2) is 33.4 Å². The number of nitrogens with one attached hydrogen (secondary N) is 2. The zero-order valence-electron chi connectivity index (χ0n) is 21.2. The second-order valence-electron chi connectivity index (χ2n) is 9.65. The average Bonchev–Trinajstić information content (AvgIpc) is 3.38. The summed E-state index contributed by atoms with van der Waals surface area (Å²) >= 11 is 6.36. The Labute approximate surface area is 230 Å². The number of anilines is 1. The maximum Gasteiger partial charge on any atom is 0.435 e. The van der Waals surface area contributed by atoms with Gasteiger partial charge in [0.25, 0.3) is 5.56 Å². The van der Waals surface area contributed by atoms with Crippen LogP contribution in [0.1, 0.15) is 54.1 Å². The monoisotopic (exact) mass is 548 g/mol. The molecular formula is C28H29ClN6O4. The number of hydrogen-bond donors (Lipinski definition) is 3. The SMILES string of the molecule is NC(=NC(=O)OCc1ccccc1)c1ccc(CNC(=O)C2CCc3c(Cl)nc(NC4CCC4)c(=O)n32)cc1. The van der Waals surface area contributed by atoms with E-state index < -0.39 is 12.1 Å². The first kappa shape index (κ1) is 26.4. The minimum absolute atomic E-state index is 0.0300. The Morgan fingerprint density at radius 2 is 1.82 bits per heavy atom. The third kappa shape index (κ3) is 6.12. The lowest BCUT2D eigenvalue weighted by molar-refractivity contribution is -0.124. The summed E-state index contributed by atoms with van der Waals surface area (Å²) in [6.07, 6.45) is 3.29. The van der Waals surface area contributed by atoms with E-state index in [4.69, 9.17) is 22.1 Å². The van der Waals surface area contributed by atoms with Crippen LogP contribution >= 0.6 is 11.6 Å². The molecule has 1 fully saturated rings. The van der Waals surface area contributed by atoms with Gasteiger partial charge >= 0.3 is 6.09 Å². The van der Waals surface area contributed by atoms with Gasteiger partial charge in [-0.1, -0.05) is 66.2 Å². The van der Waals surface area contributed by atoms with E-state index in [0.29, 0.717) is 24.1 Å². The van der Waals surface area contributed by atoms with Crippen molar-refractivity contribution in [1.29, 1.82) is 0 Å². The van der Waals surface area contributed by atoms with E-state index in [9.17, 15) is 14.4 Å². The summed E-state index contributed by atoms with van der Waals surface area (Å²) in [5.41, 5.74) is 8.45. The van der Waals surface area contributed by atoms with Gasteiger partial charge in [-0.05, 0) is 43.2 Å². The first-order chi connectivity index (χ1) is 18.9. The molecule has 202 valence electrons. The van der Waals surface area contributed by atoms with Crippen molar-refractivity contribution in [3.63, 3.8) is 0 Å². The number of nitrogens with zero attached hydrogens (tertiary/aromatic N) is 3. The molecule has 1 unspecified atom stereocenters. The molecule has 2 aromatic carbocycles. The highest BCUT2D eigenvalue weighted by atomic mass is 35.5. The van der Waals surface area contributed by atoms with E-state index >= 15 is 0 Å². The molecule has 2 amide bonds. The van der Waals surface area contributed by atoms with E-state index in [0.717, 1.165) is 30.4 Å². The zero-order chi connectivity index (χ0) is 27.4. The van der Waals surface area contributed by atoms with Crippen LogP contribution in [0.5, 0.6) is 0 Å². The molecule has 4 N–H and O–H groups in total. The Kier molecular flexibility index (Phi) is 7.92. The first-order valence-corrected chi connectivity index (χ1v) is 13.3. The molecule has 39 heavy (non-hydrogen) atoms. The van der Waals surface area contributed by atoms with Crippen molar-refractivity contribution in [3.05, 3.63) is 92.5 Å².